The Kier molecular flexibility index (Phi) is 4.60. The van der Waals surface area contributed by atoms with E-state index < -0.39 is 0 Å². The summed E-state index contributed by atoms with van der Waals surface area (Å²) in [5.41, 5.74) is 3.62. The van der Waals surface area contributed by atoms with Gasteiger partial charge in [0, 0.05) is 0 Å². The van der Waals surface area contributed by atoms with E-state index in [9.17, 15) is 0 Å². The number of hydrogen-bond acceptors (Lipinski definition) is 2. The number of hydrogen-bond donors (Lipinski definition) is 0. The Balaban J connectivity index is 1.54. The van der Waals surface area contributed by atoms with Crippen LogP contribution >= 0.6 is 0 Å². The van der Waals surface area contributed by atoms with E-state index in [-0.39, 0.29) is 11.7 Å². The number of aryl methyl sites for hydroxylation is 1. The predicted molar refractivity (Wildman–Crippen MR) is 88.7 cm³/mol. The highest BCUT2D eigenvalue weighted by atomic mass is 16.6. The summed E-state index contributed by atoms with van der Waals surface area (Å²) in [4.78, 5) is 0. The number of ether oxygens (including phenoxy) is 2. The van der Waals surface area contributed by atoms with E-state index in [0.717, 1.165) is 12.8 Å². The molecule has 0 aromatic heterocycles. The molecule has 2 aromatic rings. The topological polar surface area (TPSA) is 18.5 Å². The maximum atomic E-state index is 6.28. The zero-order valence-electron chi connectivity index (χ0n) is 13.4. The zero-order chi connectivity index (χ0) is 15.4. The van der Waals surface area contributed by atoms with Crippen LogP contribution in [0.25, 0.3) is 0 Å². The van der Waals surface area contributed by atoms with E-state index >= 15 is 0 Å². The maximum Gasteiger partial charge on any atom is 0.0896 e. The second-order valence-electron chi connectivity index (χ2n) is 6.43. The lowest BCUT2D eigenvalue weighted by molar-refractivity contribution is -0.0850. The Bertz CT molecular complexity index is 608. The van der Waals surface area contributed by atoms with Crippen LogP contribution in [0.4, 0.5) is 0 Å². The Labute approximate surface area is 133 Å². The second-order valence-corrected chi connectivity index (χ2v) is 6.43. The first-order valence-corrected chi connectivity index (χ1v) is 8.01. The maximum absolute atomic E-state index is 6.28. The molecular formula is C20H24O2. The molecular weight excluding hydrogens is 272 g/mol. The van der Waals surface area contributed by atoms with E-state index in [0.29, 0.717) is 13.2 Å². The first-order valence-electron chi connectivity index (χ1n) is 8.01. The average Bonchev–Trinajstić information content (AvgIpc) is 2.93. The van der Waals surface area contributed by atoms with Crippen LogP contribution in [-0.2, 0) is 16.1 Å². The fourth-order valence-electron chi connectivity index (χ4n) is 3.06. The Morgan fingerprint density at radius 3 is 2.59 bits per heavy atom. The van der Waals surface area contributed by atoms with Crippen molar-refractivity contribution in [2.24, 2.45) is 0 Å². The first kappa shape index (κ1) is 15.3. The molecule has 2 aromatic carbocycles. The van der Waals surface area contributed by atoms with Crippen molar-refractivity contribution < 1.29 is 9.47 Å². The van der Waals surface area contributed by atoms with E-state index in [4.69, 9.17) is 9.47 Å². The lowest BCUT2D eigenvalue weighted by atomic mass is 10.0. The molecule has 0 aliphatic carbocycles. The van der Waals surface area contributed by atoms with Gasteiger partial charge in [0.1, 0.15) is 0 Å². The van der Waals surface area contributed by atoms with Gasteiger partial charge in [-0.1, -0.05) is 54.6 Å². The molecule has 2 heteroatoms. The quantitative estimate of drug-likeness (QED) is 0.787. The van der Waals surface area contributed by atoms with Crippen molar-refractivity contribution in [3.63, 3.8) is 0 Å². The van der Waals surface area contributed by atoms with Crippen LogP contribution in [0.15, 0.2) is 54.6 Å². The molecule has 0 saturated carbocycles. The second kappa shape index (κ2) is 6.64. The molecule has 0 amide bonds. The van der Waals surface area contributed by atoms with Gasteiger partial charge in [-0.3, -0.25) is 0 Å². The van der Waals surface area contributed by atoms with Crippen LogP contribution in [-0.4, -0.2) is 12.2 Å². The summed E-state index contributed by atoms with van der Waals surface area (Å²) in [6.07, 6.45) is 2.31. The zero-order valence-corrected chi connectivity index (χ0v) is 13.4. The normalized spacial score (nSPS) is 24.5. The van der Waals surface area contributed by atoms with Crippen LogP contribution in [0.1, 0.15) is 42.6 Å². The summed E-state index contributed by atoms with van der Waals surface area (Å²) >= 11 is 0. The largest absolute Gasteiger partial charge is 0.374 e. The molecule has 0 N–H and O–H groups in total. The molecule has 1 heterocycles. The van der Waals surface area contributed by atoms with Gasteiger partial charge in [0.25, 0.3) is 0 Å². The van der Waals surface area contributed by atoms with Crippen molar-refractivity contribution >= 4 is 0 Å². The third kappa shape index (κ3) is 3.57. The third-order valence-electron chi connectivity index (χ3n) is 4.46. The first-order chi connectivity index (χ1) is 10.7. The highest BCUT2D eigenvalue weighted by molar-refractivity contribution is 5.24. The minimum Gasteiger partial charge on any atom is -0.374 e. The van der Waals surface area contributed by atoms with Crippen LogP contribution in [0.2, 0.25) is 0 Å². The molecule has 1 fully saturated rings. The predicted octanol–water partition coefficient (Wildman–Crippen LogP) is 4.82. The standard InChI is InChI=1S/C20H24O2/c1-16-8-6-7-11-18(16)14-21-15-20(2)13-12-19(22-20)17-9-4-3-5-10-17/h3-11,19H,12-15H2,1-2H3. The summed E-state index contributed by atoms with van der Waals surface area (Å²) < 4.78 is 12.2. The van der Waals surface area contributed by atoms with Crippen molar-refractivity contribution in [2.45, 2.75) is 45.0 Å². The molecule has 1 aliphatic heterocycles. The van der Waals surface area contributed by atoms with Gasteiger partial charge in [0.15, 0.2) is 0 Å². The summed E-state index contributed by atoms with van der Waals surface area (Å²) in [7, 11) is 0. The van der Waals surface area contributed by atoms with Gasteiger partial charge in [-0.2, -0.15) is 0 Å². The molecule has 116 valence electrons. The van der Waals surface area contributed by atoms with Crippen molar-refractivity contribution in [3.8, 4) is 0 Å². The molecule has 3 rings (SSSR count). The van der Waals surface area contributed by atoms with Crippen LogP contribution in [0.5, 0.6) is 0 Å². The van der Waals surface area contributed by atoms with Gasteiger partial charge in [0.2, 0.25) is 0 Å². The van der Waals surface area contributed by atoms with Crippen molar-refractivity contribution in [1.29, 1.82) is 0 Å². The van der Waals surface area contributed by atoms with Crippen molar-refractivity contribution in [2.75, 3.05) is 6.61 Å². The highest BCUT2D eigenvalue weighted by Gasteiger charge is 2.36. The van der Waals surface area contributed by atoms with Crippen molar-refractivity contribution in [1.82, 2.24) is 0 Å². The summed E-state index contributed by atoms with van der Waals surface area (Å²) in [5.74, 6) is 0. The molecule has 1 saturated heterocycles. The SMILES string of the molecule is Cc1ccccc1COCC1(C)CCC(c2ccccc2)O1. The van der Waals surface area contributed by atoms with E-state index in [1.54, 1.807) is 0 Å². The molecule has 1 aliphatic rings. The molecule has 2 nitrogen and oxygen atoms in total. The molecule has 22 heavy (non-hydrogen) atoms. The van der Waals surface area contributed by atoms with Gasteiger partial charge < -0.3 is 9.47 Å². The molecule has 0 radical (unpaired) electrons. The Morgan fingerprint density at radius 2 is 1.82 bits per heavy atom. The van der Waals surface area contributed by atoms with Crippen LogP contribution in [0.3, 0.4) is 0 Å². The highest BCUT2D eigenvalue weighted by Crippen LogP contribution is 2.39. The number of benzene rings is 2. The molecule has 0 bridgehead atoms. The molecule has 0 spiro atoms. The Morgan fingerprint density at radius 1 is 1.09 bits per heavy atom. The Hall–Kier alpha value is -1.64. The van der Waals surface area contributed by atoms with Gasteiger partial charge in [0.05, 0.1) is 24.9 Å². The fourth-order valence-corrected chi connectivity index (χ4v) is 3.06. The smallest absolute Gasteiger partial charge is 0.0896 e. The minimum atomic E-state index is -0.177. The van der Waals surface area contributed by atoms with Gasteiger partial charge >= 0.3 is 0 Å². The lowest BCUT2D eigenvalue weighted by Crippen LogP contribution is -2.30. The lowest BCUT2D eigenvalue weighted by Gasteiger charge is -2.25. The van der Waals surface area contributed by atoms with E-state index in [2.05, 4.69) is 62.4 Å². The van der Waals surface area contributed by atoms with E-state index in [1.165, 1.54) is 16.7 Å². The summed E-state index contributed by atoms with van der Waals surface area (Å²) in [6.45, 7) is 5.58. The average molecular weight is 296 g/mol. The molecule has 2 unspecified atom stereocenters. The van der Waals surface area contributed by atoms with Crippen LogP contribution in [0, 0.1) is 6.92 Å². The van der Waals surface area contributed by atoms with Gasteiger partial charge in [-0.15, -0.1) is 0 Å². The van der Waals surface area contributed by atoms with Crippen molar-refractivity contribution in [3.05, 3.63) is 71.3 Å². The minimum absolute atomic E-state index is 0.177. The third-order valence-corrected chi connectivity index (χ3v) is 4.46. The fraction of sp³-hybridized carbons (Fsp3) is 0.400. The monoisotopic (exact) mass is 296 g/mol. The van der Waals surface area contributed by atoms with Gasteiger partial charge in [-0.25, -0.2) is 0 Å². The van der Waals surface area contributed by atoms with Gasteiger partial charge in [-0.05, 0) is 43.4 Å². The summed E-state index contributed by atoms with van der Waals surface area (Å²) in [5, 5.41) is 0. The van der Waals surface area contributed by atoms with Crippen LogP contribution < -0.4 is 0 Å². The summed E-state index contributed by atoms with van der Waals surface area (Å²) in [6, 6.07) is 18.8. The van der Waals surface area contributed by atoms with E-state index in [1.807, 2.05) is 6.07 Å². The number of rotatable bonds is 5. The molecule has 2 atom stereocenters.